The van der Waals surface area contributed by atoms with Crippen LogP contribution in [0.1, 0.15) is 83.8 Å². The van der Waals surface area contributed by atoms with E-state index >= 15 is 0 Å². The van der Waals surface area contributed by atoms with E-state index in [1.807, 2.05) is 6.07 Å². The molecule has 0 amide bonds. The van der Waals surface area contributed by atoms with E-state index in [0.29, 0.717) is 22.7 Å². The van der Waals surface area contributed by atoms with Crippen molar-refractivity contribution < 1.29 is 9.84 Å². The Kier molecular flexibility index (Phi) is 8.86. The van der Waals surface area contributed by atoms with Gasteiger partial charge in [0.25, 0.3) is 5.17 Å². The highest BCUT2D eigenvalue weighted by Crippen LogP contribution is 2.47. The maximum Gasteiger partial charge on any atom is 0.262 e. The first-order valence-electron chi connectivity index (χ1n) is 12.9. The van der Waals surface area contributed by atoms with Crippen molar-refractivity contribution >= 4 is 17.4 Å². The van der Waals surface area contributed by atoms with Gasteiger partial charge in [0, 0.05) is 30.6 Å². The molecule has 2 N–H and O–H groups in total. The third-order valence-electron chi connectivity index (χ3n) is 7.62. The Balaban J connectivity index is 1.88. The van der Waals surface area contributed by atoms with E-state index in [-0.39, 0.29) is 17.3 Å². The fraction of sp³-hybridized carbons (Fsp3) is 0.621. The zero-order valence-corrected chi connectivity index (χ0v) is 22.9. The minimum Gasteiger partial charge on any atom is -0.507 e. The third kappa shape index (κ3) is 6.63. The highest BCUT2D eigenvalue weighted by molar-refractivity contribution is 7.80. The summed E-state index contributed by atoms with van der Waals surface area (Å²) in [7, 11) is 2.15. The number of phenolic OH excluding ortho intramolecular Hbond substituents is 1. The molecule has 1 aromatic rings. The van der Waals surface area contributed by atoms with Crippen LogP contribution in [0.2, 0.25) is 0 Å². The first kappa shape index (κ1) is 26.7. The lowest BCUT2D eigenvalue weighted by Crippen LogP contribution is -2.39. The van der Waals surface area contributed by atoms with Crippen LogP contribution in [0.4, 0.5) is 0 Å². The van der Waals surface area contributed by atoms with Crippen LogP contribution >= 0.6 is 12.2 Å². The molecule has 4 atom stereocenters. The zero-order chi connectivity index (χ0) is 25.0. The molecule has 2 unspecified atom stereocenters. The predicted molar refractivity (Wildman–Crippen MR) is 147 cm³/mol. The largest absolute Gasteiger partial charge is 0.507 e. The summed E-state index contributed by atoms with van der Waals surface area (Å²) in [4.78, 5) is 2.34. The van der Waals surface area contributed by atoms with Crippen LogP contribution in [-0.4, -0.2) is 41.4 Å². The number of phenols is 1. The van der Waals surface area contributed by atoms with Crippen LogP contribution < -0.4 is 10.1 Å². The van der Waals surface area contributed by atoms with Crippen LogP contribution in [0.5, 0.6) is 11.5 Å². The number of hydrogen-bond acceptors (Lipinski definition) is 4. The zero-order valence-electron chi connectivity index (χ0n) is 22.0. The third-order valence-corrected chi connectivity index (χ3v) is 7.84. The lowest BCUT2D eigenvalue weighted by molar-refractivity contribution is 0.308. The molecule has 1 fully saturated rings. The molecular formula is C29H44N2O2S. The SMILES string of the molecule is C=C(C)[C@@H]1CCC(C)=C[C@H]1c1c(O)cc(CCCCC)cc1OC(=S)NCC(C)(C)C1CN1C. The van der Waals surface area contributed by atoms with E-state index in [2.05, 4.69) is 70.6 Å². The van der Waals surface area contributed by atoms with Gasteiger partial charge >= 0.3 is 0 Å². The summed E-state index contributed by atoms with van der Waals surface area (Å²) in [5, 5.41) is 15.0. The van der Waals surface area contributed by atoms with Crippen molar-refractivity contribution in [1.82, 2.24) is 10.2 Å². The average molecular weight is 485 g/mol. The second-order valence-electron chi connectivity index (χ2n) is 11.2. The molecule has 1 heterocycles. The first-order chi connectivity index (χ1) is 16.0. The van der Waals surface area contributed by atoms with Crippen molar-refractivity contribution in [3.63, 3.8) is 0 Å². The molecule has 0 saturated carbocycles. The summed E-state index contributed by atoms with van der Waals surface area (Å²) in [6.07, 6.45) is 8.73. The number of ether oxygens (including phenoxy) is 1. The number of likely N-dealkylation sites (N-methyl/N-ethyl adjacent to an activating group) is 1. The summed E-state index contributed by atoms with van der Waals surface area (Å²) in [6, 6.07) is 4.58. The Morgan fingerprint density at radius 3 is 2.65 bits per heavy atom. The van der Waals surface area contributed by atoms with Gasteiger partial charge < -0.3 is 15.2 Å². The number of rotatable bonds is 10. The van der Waals surface area contributed by atoms with Crippen molar-refractivity contribution in [2.24, 2.45) is 11.3 Å². The molecule has 1 aliphatic heterocycles. The highest BCUT2D eigenvalue weighted by atomic mass is 32.1. The predicted octanol–water partition coefficient (Wildman–Crippen LogP) is 6.73. The summed E-state index contributed by atoms with van der Waals surface area (Å²) < 4.78 is 6.30. The van der Waals surface area contributed by atoms with Gasteiger partial charge in [0.2, 0.25) is 0 Å². The number of unbranched alkanes of at least 4 members (excludes halogenated alkanes) is 2. The highest BCUT2D eigenvalue weighted by Gasteiger charge is 2.43. The molecule has 1 aromatic carbocycles. The molecular weight excluding hydrogens is 440 g/mol. The molecule has 0 radical (unpaired) electrons. The lowest BCUT2D eigenvalue weighted by atomic mass is 9.73. The number of benzene rings is 1. The molecule has 34 heavy (non-hydrogen) atoms. The molecule has 0 bridgehead atoms. The van der Waals surface area contributed by atoms with Crippen molar-refractivity contribution in [1.29, 1.82) is 0 Å². The van der Waals surface area contributed by atoms with Gasteiger partial charge in [0.05, 0.1) is 0 Å². The number of aromatic hydroxyl groups is 1. The van der Waals surface area contributed by atoms with E-state index in [4.69, 9.17) is 17.0 Å². The number of nitrogens with one attached hydrogen (secondary N) is 1. The molecule has 3 rings (SSSR count). The summed E-state index contributed by atoms with van der Waals surface area (Å²) in [5.74, 6) is 1.28. The van der Waals surface area contributed by atoms with E-state index in [1.165, 1.54) is 18.4 Å². The maximum atomic E-state index is 11.2. The van der Waals surface area contributed by atoms with E-state index in [9.17, 15) is 5.11 Å². The molecule has 5 heteroatoms. The molecule has 2 aliphatic rings. The van der Waals surface area contributed by atoms with Gasteiger partial charge in [-0.25, -0.2) is 0 Å². The topological polar surface area (TPSA) is 44.5 Å². The summed E-state index contributed by atoms with van der Waals surface area (Å²) in [6.45, 7) is 17.1. The minimum atomic E-state index is 0.0327. The van der Waals surface area contributed by atoms with Gasteiger partial charge in [0.1, 0.15) is 11.5 Å². The first-order valence-corrected chi connectivity index (χ1v) is 13.3. The molecule has 0 spiro atoms. The Labute approximate surface area is 212 Å². The second kappa shape index (κ2) is 11.3. The van der Waals surface area contributed by atoms with Gasteiger partial charge in [0.15, 0.2) is 0 Å². The Hall–Kier alpha value is -1.85. The number of allylic oxidation sites excluding steroid dienone is 3. The minimum absolute atomic E-state index is 0.0327. The van der Waals surface area contributed by atoms with Gasteiger partial charge in [-0.3, -0.25) is 4.90 Å². The Bertz CT molecular complexity index is 936. The molecule has 0 aromatic heterocycles. The lowest BCUT2D eigenvalue weighted by Gasteiger charge is -2.32. The van der Waals surface area contributed by atoms with Crippen LogP contribution in [0.3, 0.4) is 0 Å². The van der Waals surface area contributed by atoms with E-state index < -0.39 is 0 Å². The van der Waals surface area contributed by atoms with Crippen LogP contribution in [-0.2, 0) is 6.42 Å². The van der Waals surface area contributed by atoms with Crippen molar-refractivity contribution in [2.75, 3.05) is 20.1 Å². The van der Waals surface area contributed by atoms with Gasteiger partial charge in [-0.2, -0.15) is 0 Å². The maximum absolute atomic E-state index is 11.2. The van der Waals surface area contributed by atoms with E-state index in [1.54, 1.807) is 0 Å². The van der Waals surface area contributed by atoms with E-state index in [0.717, 1.165) is 55.5 Å². The molecule has 188 valence electrons. The number of nitrogens with zero attached hydrogens (tertiary/aromatic N) is 1. The number of hydrogen-bond donors (Lipinski definition) is 2. The van der Waals surface area contributed by atoms with Crippen LogP contribution in [0.15, 0.2) is 35.9 Å². The fourth-order valence-corrected chi connectivity index (χ4v) is 5.50. The molecule has 1 aliphatic carbocycles. The van der Waals surface area contributed by atoms with Gasteiger partial charge in [-0.05, 0) is 87.8 Å². The van der Waals surface area contributed by atoms with Crippen LogP contribution in [0, 0.1) is 11.3 Å². The number of aryl methyl sites for hydroxylation is 1. The van der Waals surface area contributed by atoms with Crippen molar-refractivity contribution in [3.05, 3.63) is 47.1 Å². The molecule has 4 nitrogen and oxygen atoms in total. The normalized spacial score (nSPS) is 24.4. The second-order valence-corrected chi connectivity index (χ2v) is 11.6. The standard InChI is InChI=1S/C29H44N2O2S/c1-8-9-10-11-21-15-24(32)27(23-14-20(4)12-13-22(23)19(2)3)25(16-21)33-28(34)30-18-29(5,6)26-17-31(26)7/h14-16,22-23,26,32H,2,8-13,17-18H2,1,3-7H3,(H,30,34)/t22-,23+,26?,31?/m0/s1. The number of thiocarbonyl (C=S) groups is 1. The van der Waals surface area contributed by atoms with Crippen LogP contribution in [0.25, 0.3) is 0 Å². The Morgan fingerprint density at radius 1 is 1.32 bits per heavy atom. The van der Waals surface area contributed by atoms with Crippen molar-refractivity contribution in [2.45, 2.75) is 85.1 Å². The van der Waals surface area contributed by atoms with Gasteiger partial charge in [-0.15, -0.1) is 0 Å². The monoisotopic (exact) mass is 484 g/mol. The van der Waals surface area contributed by atoms with Crippen molar-refractivity contribution in [3.8, 4) is 11.5 Å². The summed E-state index contributed by atoms with van der Waals surface area (Å²) in [5.41, 5.74) is 4.51. The van der Waals surface area contributed by atoms with Gasteiger partial charge in [-0.1, -0.05) is 57.4 Å². The fourth-order valence-electron chi connectivity index (χ4n) is 5.34. The summed E-state index contributed by atoms with van der Waals surface area (Å²) >= 11 is 5.64. The quantitative estimate of drug-likeness (QED) is 0.167. The smallest absolute Gasteiger partial charge is 0.262 e. The molecule has 1 saturated heterocycles. The Morgan fingerprint density at radius 2 is 2.03 bits per heavy atom. The average Bonchev–Trinajstić information content (AvgIpc) is 3.50.